The fourth-order valence-corrected chi connectivity index (χ4v) is 1.55. The van der Waals surface area contributed by atoms with Crippen LogP contribution in [-0.4, -0.2) is 24.6 Å². The smallest absolute Gasteiger partial charge is 0.310 e. The SMILES string of the molecule is C#CCOC(=O)C(C)C(C)(C)C(C)C(=O)OC(C)C. The van der Waals surface area contributed by atoms with Crippen molar-refractivity contribution in [2.24, 2.45) is 17.3 Å². The zero-order valence-electron chi connectivity index (χ0n) is 12.6. The van der Waals surface area contributed by atoms with Gasteiger partial charge in [-0.3, -0.25) is 9.59 Å². The van der Waals surface area contributed by atoms with Gasteiger partial charge in [-0.15, -0.1) is 6.42 Å². The van der Waals surface area contributed by atoms with Crippen molar-refractivity contribution in [3.8, 4) is 12.3 Å². The molecule has 0 aliphatic rings. The second kappa shape index (κ2) is 7.18. The molecular formula is C15H24O4. The molecule has 0 aromatic carbocycles. The standard InChI is InChI=1S/C15H24O4/c1-8-9-18-13(16)11(4)15(6,7)12(5)14(17)19-10(2)3/h1,10-12H,9H2,2-7H3. The highest BCUT2D eigenvalue weighted by Crippen LogP contribution is 2.36. The van der Waals surface area contributed by atoms with Gasteiger partial charge in [0, 0.05) is 0 Å². The van der Waals surface area contributed by atoms with Crippen LogP contribution < -0.4 is 0 Å². The highest BCUT2D eigenvalue weighted by molar-refractivity contribution is 5.77. The van der Waals surface area contributed by atoms with E-state index in [0.29, 0.717) is 0 Å². The number of ether oxygens (including phenoxy) is 2. The molecule has 0 heterocycles. The Morgan fingerprint density at radius 3 is 2.00 bits per heavy atom. The van der Waals surface area contributed by atoms with Gasteiger partial charge in [0.2, 0.25) is 0 Å². The lowest BCUT2D eigenvalue weighted by Gasteiger charge is -2.34. The van der Waals surface area contributed by atoms with Crippen molar-refractivity contribution in [2.75, 3.05) is 6.61 Å². The summed E-state index contributed by atoms with van der Waals surface area (Å²) in [5, 5.41) is 0. The number of hydrogen-bond acceptors (Lipinski definition) is 4. The second-order valence-electron chi connectivity index (χ2n) is 5.56. The second-order valence-corrected chi connectivity index (χ2v) is 5.56. The Morgan fingerprint density at radius 1 is 1.11 bits per heavy atom. The molecule has 0 aromatic heterocycles. The molecule has 0 rings (SSSR count). The summed E-state index contributed by atoms with van der Waals surface area (Å²) in [5.74, 6) is 0.681. The largest absolute Gasteiger partial charge is 0.463 e. The maximum absolute atomic E-state index is 11.9. The van der Waals surface area contributed by atoms with Crippen molar-refractivity contribution in [3.63, 3.8) is 0 Å². The van der Waals surface area contributed by atoms with E-state index in [1.54, 1.807) is 27.7 Å². The molecule has 2 atom stereocenters. The van der Waals surface area contributed by atoms with Crippen molar-refractivity contribution in [2.45, 2.75) is 47.6 Å². The molecule has 0 radical (unpaired) electrons. The molecule has 0 aliphatic heterocycles. The van der Waals surface area contributed by atoms with Crippen LogP contribution in [0.3, 0.4) is 0 Å². The zero-order chi connectivity index (χ0) is 15.2. The van der Waals surface area contributed by atoms with Crippen molar-refractivity contribution in [1.82, 2.24) is 0 Å². The van der Waals surface area contributed by atoms with Gasteiger partial charge in [-0.25, -0.2) is 0 Å². The predicted octanol–water partition coefficient (Wildman–Crippen LogP) is 2.41. The molecule has 0 fully saturated rings. The van der Waals surface area contributed by atoms with Crippen molar-refractivity contribution in [3.05, 3.63) is 0 Å². The fraction of sp³-hybridized carbons (Fsp3) is 0.733. The summed E-state index contributed by atoms with van der Waals surface area (Å²) in [6, 6.07) is 0. The Kier molecular flexibility index (Phi) is 6.61. The third kappa shape index (κ3) is 4.94. The van der Waals surface area contributed by atoms with Crippen LogP contribution in [0.4, 0.5) is 0 Å². The van der Waals surface area contributed by atoms with Crippen LogP contribution in [0.2, 0.25) is 0 Å². The summed E-state index contributed by atoms with van der Waals surface area (Å²) in [6.45, 7) is 10.7. The van der Waals surface area contributed by atoms with Crippen LogP contribution >= 0.6 is 0 Å². The lowest BCUT2D eigenvalue weighted by molar-refractivity contribution is -0.161. The Morgan fingerprint density at radius 2 is 1.58 bits per heavy atom. The first kappa shape index (κ1) is 17.5. The van der Waals surface area contributed by atoms with E-state index < -0.39 is 23.2 Å². The first-order valence-corrected chi connectivity index (χ1v) is 6.45. The van der Waals surface area contributed by atoms with Crippen LogP contribution in [0.1, 0.15) is 41.5 Å². The van der Waals surface area contributed by atoms with Gasteiger partial charge in [0.15, 0.2) is 6.61 Å². The average molecular weight is 268 g/mol. The van der Waals surface area contributed by atoms with E-state index in [4.69, 9.17) is 15.9 Å². The monoisotopic (exact) mass is 268 g/mol. The van der Waals surface area contributed by atoms with Crippen molar-refractivity contribution < 1.29 is 19.1 Å². The average Bonchev–Trinajstić information content (AvgIpc) is 2.32. The van der Waals surface area contributed by atoms with Crippen molar-refractivity contribution >= 4 is 11.9 Å². The van der Waals surface area contributed by atoms with Crippen LogP contribution in [-0.2, 0) is 19.1 Å². The minimum atomic E-state index is -0.572. The van der Waals surface area contributed by atoms with Gasteiger partial charge >= 0.3 is 11.9 Å². The summed E-state index contributed by atoms with van der Waals surface area (Å²) in [4.78, 5) is 23.8. The molecule has 0 N–H and O–H groups in total. The van der Waals surface area contributed by atoms with Gasteiger partial charge in [0.25, 0.3) is 0 Å². The molecule has 2 unspecified atom stereocenters. The highest BCUT2D eigenvalue weighted by Gasteiger charge is 2.41. The van der Waals surface area contributed by atoms with Crippen LogP contribution in [0.5, 0.6) is 0 Å². The molecule has 0 spiro atoms. The number of esters is 2. The summed E-state index contributed by atoms with van der Waals surface area (Å²) >= 11 is 0. The van der Waals surface area contributed by atoms with Crippen LogP contribution in [0, 0.1) is 29.6 Å². The van der Waals surface area contributed by atoms with Gasteiger partial charge in [0.05, 0.1) is 17.9 Å². The van der Waals surface area contributed by atoms with E-state index in [2.05, 4.69) is 5.92 Å². The quantitative estimate of drug-likeness (QED) is 0.548. The Labute approximate surface area is 115 Å². The van der Waals surface area contributed by atoms with E-state index in [0.717, 1.165) is 0 Å². The van der Waals surface area contributed by atoms with Crippen LogP contribution in [0.25, 0.3) is 0 Å². The topological polar surface area (TPSA) is 52.6 Å². The highest BCUT2D eigenvalue weighted by atomic mass is 16.5. The minimum Gasteiger partial charge on any atom is -0.463 e. The summed E-state index contributed by atoms with van der Waals surface area (Å²) in [5.41, 5.74) is -0.572. The van der Waals surface area contributed by atoms with Crippen molar-refractivity contribution in [1.29, 1.82) is 0 Å². The molecule has 0 amide bonds. The fourth-order valence-electron chi connectivity index (χ4n) is 1.55. The van der Waals surface area contributed by atoms with Gasteiger partial charge in [0.1, 0.15) is 0 Å². The Hall–Kier alpha value is -1.50. The molecule has 4 nitrogen and oxygen atoms in total. The first-order valence-electron chi connectivity index (χ1n) is 6.45. The molecule has 108 valence electrons. The van der Waals surface area contributed by atoms with Gasteiger partial charge < -0.3 is 9.47 Å². The van der Waals surface area contributed by atoms with E-state index in [1.807, 2.05) is 13.8 Å². The molecule has 0 bridgehead atoms. The number of hydrogen-bond donors (Lipinski definition) is 0. The molecule has 4 heteroatoms. The Balaban J connectivity index is 4.79. The molecule has 0 saturated carbocycles. The maximum Gasteiger partial charge on any atom is 0.310 e. The molecular weight excluding hydrogens is 244 g/mol. The Bertz CT molecular complexity index is 363. The third-order valence-corrected chi connectivity index (χ3v) is 3.59. The lowest BCUT2D eigenvalue weighted by Crippen LogP contribution is -2.40. The predicted molar refractivity (Wildman–Crippen MR) is 73.1 cm³/mol. The van der Waals surface area contributed by atoms with E-state index >= 15 is 0 Å². The summed E-state index contributed by atoms with van der Waals surface area (Å²) < 4.78 is 10.1. The molecule has 0 aliphatic carbocycles. The van der Waals surface area contributed by atoms with E-state index in [-0.39, 0.29) is 18.7 Å². The number of rotatable bonds is 6. The van der Waals surface area contributed by atoms with E-state index in [9.17, 15) is 9.59 Å². The van der Waals surface area contributed by atoms with Gasteiger partial charge in [-0.2, -0.15) is 0 Å². The van der Waals surface area contributed by atoms with Crippen LogP contribution in [0.15, 0.2) is 0 Å². The van der Waals surface area contributed by atoms with Gasteiger partial charge in [-0.1, -0.05) is 33.6 Å². The molecule has 0 aromatic rings. The number of terminal acetylenes is 1. The minimum absolute atomic E-state index is 0.0515. The normalized spacial score (nSPS) is 14.4. The number of carbonyl (C=O) groups is 2. The molecule has 0 saturated heterocycles. The maximum atomic E-state index is 11.9. The van der Waals surface area contributed by atoms with Gasteiger partial charge in [-0.05, 0) is 19.3 Å². The lowest BCUT2D eigenvalue weighted by atomic mass is 9.70. The van der Waals surface area contributed by atoms with E-state index in [1.165, 1.54) is 0 Å². The third-order valence-electron chi connectivity index (χ3n) is 3.59. The number of carbonyl (C=O) groups excluding carboxylic acids is 2. The first-order chi connectivity index (χ1) is 8.64. The summed E-state index contributed by atoms with van der Waals surface area (Å²) in [6.07, 6.45) is 4.88. The zero-order valence-corrected chi connectivity index (χ0v) is 12.6. The molecule has 19 heavy (non-hydrogen) atoms. The summed E-state index contributed by atoms with van der Waals surface area (Å²) in [7, 11) is 0.